The third kappa shape index (κ3) is 10.3. The van der Waals surface area contributed by atoms with Gasteiger partial charge in [0, 0.05) is 10.8 Å². The summed E-state index contributed by atoms with van der Waals surface area (Å²) in [5, 5.41) is 18.6. The van der Waals surface area contributed by atoms with Crippen molar-refractivity contribution in [2.24, 2.45) is 0 Å². The van der Waals surface area contributed by atoms with Gasteiger partial charge in [-0.3, -0.25) is 0 Å². The second kappa shape index (κ2) is 14.1. The van der Waals surface area contributed by atoms with Gasteiger partial charge in [-0.15, -0.1) is 12.6 Å². The molecule has 4 aromatic rings. The van der Waals surface area contributed by atoms with E-state index in [2.05, 4.69) is 18.0 Å². The van der Waals surface area contributed by atoms with E-state index in [4.69, 9.17) is 12.6 Å². The molecule has 12 heteroatoms. The molecule has 42 heavy (non-hydrogen) atoms. The minimum atomic E-state index is -5.02. The molecule has 0 aliphatic carbocycles. The first-order valence-electron chi connectivity index (χ1n) is 12.3. The molecule has 0 radical (unpaired) electrons. The number of rotatable bonds is 6. The number of halogens is 2. The molecular weight excluding hydrogens is 590 g/mol. The summed E-state index contributed by atoms with van der Waals surface area (Å²) in [7, 11) is -8.14. The minimum Gasteiger partial charge on any atom is -0.508 e. The lowest BCUT2D eigenvalue weighted by molar-refractivity contribution is 0.440. The Morgan fingerprint density at radius 2 is 0.857 bits per heavy atom. The first-order chi connectivity index (χ1) is 19.4. The first kappa shape index (κ1) is 33.9. The van der Waals surface area contributed by atoms with E-state index in [-0.39, 0.29) is 28.5 Å². The Balaban J connectivity index is 0.000000265. The minimum absolute atomic E-state index is 0.101. The molecule has 0 atom stereocenters. The quantitative estimate of drug-likeness (QED) is 0.245. The van der Waals surface area contributed by atoms with Crippen LogP contribution in [-0.2, 0) is 31.9 Å². The van der Waals surface area contributed by atoms with Crippen LogP contribution in [0.2, 0.25) is 0 Å². The highest BCUT2D eigenvalue weighted by Gasteiger charge is 2.24. The van der Waals surface area contributed by atoms with Crippen molar-refractivity contribution in [3.8, 4) is 17.2 Å². The van der Waals surface area contributed by atoms with Crippen LogP contribution >= 0.6 is 0 Å². The molecule has 0 bridgehead atoms. The Morgan fingerprint density at radius 1 is 0.595 bits per heavy atom. The Hall–Kier alpha value is -4.29. The predicted molar refractivity (Wildman–Crippen MR) is 154 cm³/mol. The van der Waals surface area contributed by atoms with Crippen molar-refractivity contribution in [3.63, 3.8) is 0 Å². The maximum absolute atomic E-state index is 13.0. The topological polar surface area (TPSA) is 135 Å². The molecule has 0 amide bonds. The van der Waals surface area contributed by atoms with Crippen LogP contribution < -0.4 is 4.18 Å². The third-order valence-electron chi connectivity index (χ3n) is 6.52. The predicted octanol–water partition coefficient (Wildman–Crippen LogP) is 6.16. The number of hydrogen-bond acceptors (Lipinski definition) is 8. The number of aromatic hydroxyl groups is 2. The summed E-state index contributed by atoms with van der Waals surface area (Å²) in [4.78, 5) is 0. The summed E-state index contributed by atoms with van der Waals surface area (Å²) in [6.07, 6.45) is 0. The molecule has 0 saturated carbocycles. The second-order valence-corrected chi connectivity index (χ2v) is 11.4. The van der Waals surface area contributed by atoms with Crippen LogP contribution in [0.15, 0.2) is 97.1 Å². The van der Waals surface area contributed by atoms with Crippen molar-refractivity contribution in [1.29, 1.82) is 0 Å². The summed E-state index contributed by atoms with van der Waals surface area (Å²) in [5.74, 6) is 0.133. The maximum Gasteiger partial charge on any atom is 0.488 e. The van der Waals surface area contributed by atoms with Gasteiger partial charge in [0.15, 0.2) is 0 Å². The van der Waals surface area contributed by atoms with Gasteiger partial charge in [0.2, 0.25) is 0 Å². The Labute approximate surface area is 245 Å². The molecular formula is C30H30F2O8S2. The van der Waals surface area contributed by atoms with Gasteiger partial charge in [-0.25, -0.2) is 4.39 Å². The number of hydrogen-bond donors (Lipinski definition) is 2. The lowest BCUT2D eigenvalue weighted by Crippen LogP contribution is -2.18. The zero-order valence-corrected chi connectivity index (χ0v) is 24.8. The van der Waals surface area contributed by atoms with Gasteiger partial charge >= 0.3 is 21.1 Å². The van der Waals surface area contributed by atoms with Crippen LogP contribution in [0, 0.1) is 5.82 Å². The summed E-state index contributed by atoms with van der Waals surface area (Å²) < 4.78 is 75.7. The number of phenols is 2. The lowest BCUT2D eigenvalue weighted by Gasteiger charge is -2.26. The second-order valence-electron chi connectivity index (χ2n) is 10.1. The Bertz CT molecular complexity index is 1610. The Morgan fingerprint density at radius 3 is 1.14 bits per heavy atom. The summed E-state index contributed by atoms with van der Waals surface area (Å²) in [5.41, 5.74) is 3.44. The summed E-state index contributed by atoms with van der Waals surface area (Å²) in [6, 6.07) is 26.6. The van der Waals surface area contributed by atoms with Gasteiger partial charge in [-0.1, -0.05) is 80.1 Å². The molecule has 0 spiro atoms. The molecule has 0 aliphatic rings. The van der Waals surface area contributed by atoms with Crippen LogP contribution in [0.4, 0.5) is 8.28 Å². The fourth-order valence-corrected chi connectivity index (χ4v) is 4.34. The van der Waals surface area contributed by atoms with Crippen LogP contribution in [0.1, 0.15) is 49.9 Å². The fourth-order valence-electron chi connectivity index (χ4n) is 4.00. The van der Waals surface area contributed by atoms with E-state index < -0.39 is 26.5 Å². The molecule has 224 valence electrons. The van der Waals surface area contributed by atoms with Gasteiger partial charge in [-0.2, -0.15) is 8.42 Å². The number of phenolic OH excluding ortho intramolecular Hbond substituents is 2. The Kier molecular flexibility index (Phi) is 11.3. The van der Waals surface area contributed by atoms with Crippen molar-refractivity contribution in [2.75, 3.05) is 0 Å². The average molecular weight is 621 g/mol. The van der Waals surface area contributed by atoms with Gasteiger partial charge in [-0.05, 0) is 70.8 Å². The highest BCUT2D eigenvalue weighted by Crippen LogP contribution is 2.34. The molecule has 4 aromatic carbocycles. The van der Waals surface area contributed by atoms with Crippen molar-refractivity contribution in [2.45, 2.75) is 38.5 Å². The van der Waals surface area contributed by atoms with Gasteiger partial charge < -0.3 is 14.4 Å². The summed E-state index contributed by atoms with van der Waals surface area (Å²) in [6.45, 7) is 8.13. The van der Waals surface area contributed by atoms with Crippen LogP contribution in [0.5, 0.6) is 17.2 Å². The van der Waals surface area contributed by atoms with E-state index in [0.29, 0.717) is 0 Å². The zero-order chi connectivity index (χ0) is 31.7. The van der Waals surface area contributed by atoms with E-state index in [9.17, 15) is 26.9 Å². The van der Waals surface area contributed by atoms with Crippen LogP contribution in [-0.4, -0.2) is 31.3 Å². The lowest BCUT2D eigenvalue weighted by atomic mass is 9.78. The molecule has 0 aromatic heterocycles. The van der Waals surface area contributed by atoms with E-state index in [1.165, 1.54) is 24.3 Å². The van der Waals surface area contributed by atoms with Crippen molar-refractivity contribution in [3.05, 3.63) is 125 Å². The van der Waals surface area contributed by atoms with Gasteiger partial charge in [0.25, 0.3) is 0 Å². The largest absolute Gasteiger partial charge is 0.508 e. The van der Waals surface area contributed by atoms with E-state index >= 15 is 0 Å². The molecule has 0 saturated heterocycles. The SMILES string of the molecule is CC(C)(c1ccc(F)cc1)c1ccc(OS(=O)(=O)F)cc1.CC(C)(c1ccc(O)cc1)c1ccc(O)cc1.O=S(=O)=O. The van der Waals surface area contributed by atoms with Crippen molar-refractivity contribution >= 4 is 21.1 Å². The van der Waals surface area contributed by atoms with Crippen molar-refractivity contribution in [1.82, 2.24) is 0 Å². The van der Waals surface area contributed by atoms with Crippen molar-refractivity contribution < 1.29 is 43.7 Å². The maximum atomic E-state index is 13.0. The van der Waals surface area contributed by atoms with Gasteiger partial charge in [0.1, 0.15) is 23.1 Å². The molecule has 2 N–H and O–H groups in total. The van der Waals surface area contributed by atoms with Gasteiger partial charge in [0.05, 0.1) is 0 Å². The van der Waals surface area contributed by atoms with E-state index in [1.54, 1.807) is 48.5 Å². The monoisotopic (exact) mass is 620 g/mol. The third-order valence-corrected chi connectivity index (χ3v) is 6.91. The number of benzene rings is 4. The van der Waals surface area contributed by atoms with E-state index in [0.717, 1.165) is 22.3 Å². The highest BCUT2D eigenvalue weighted by molar-refractivity contribution is 7.81. The summed E-state index contributed by atoms with van der Waals surface area (Å²) >= 11 is 0. The first-order valence-corrected chi connectivity index (χ1v) is 14.6. The normalized spacial score (nSPS) is 11.3. The molecule has 0 heterocycles. The van der Waals surface area contributed by atoms with Crippen LogP contribution in [0.25, 0.3) is 0 Å². The molecule has 0 aliphatic heterocycles. The molecule has 4 rings (SSSR count). The van der Waals surface area contributed by atoms with E-state index in [1.807, 2.05) is 38.1 Å². The molecule has 0 fully saturated rings. The molecule has 0 unspecified atom stereocenters. The molecule has 8 nitrogen and oxygen atoms in total. The van der Waals surface area contributed by atoms with Crippen LogP contribution in [0.3, 0.4) is 0 Å². The highest BCUT2D eigenvalue weighted by atomic mass is 32.3. The average Bonchev–Trinajstić information content (AvgIpc) is 2.89. The fraction of sp³-hybridized carbons (Fsp3) is 0.200. The smallest absolute Gasteiger partial charge is 0.488 e. The zero-order valence-electron chi connectivity index (χ0n) is 23.2. The standard InChI is InChI=1S/C15H14F2O3S.C15H16O2.O3S/c1-15(2,11-3-7-13(16)8-4-11)12-5-9-14(10-6-12)20-21(17,18)19;1-15(2,11-3-7-13(16)8-4-11)12-5-9-14(17)10-6-12;1-4(2)3/h3-10H,1-2H3;3-10,16-17H,1-2H3;.